The average Bonchev–Trinajstić information content (AvgIpc) is 3.42. The molecule has 1 N–H and O–H groups in total. The Balaban J connectivity index is 1.37. The Morgan fingerprint density at radius 2 is 2.00 bits per heavy atom. The lowest BCUT2D eigenvalue weighted by atomic mass is 9.90. The molecule has 0 bridgehead atoms. The number of sulfonamides is 1. The predicted molar refractivity (Wildman–Crippen MR) is 117 cm³/mol. The number of piperidine rings is 1. The van der Waals surface area contributed by atoms with Crippen molar-refractivity contribution >= 4 is 16.0 Å². The van der Waals surface area contributed by atoms with E-state index in [-0.39, 0.29) is 16.4 Å². The Labute approximate surface area is 188 Å². The molecule has 0 spiro atoms. The maximum atomic E-state index is 12.8. The standard InChI is InChI=1S/C21H29N7O3S/c1-21(7-3-4-8-21)15-31-19-16(11-22)12-23-20(26-19)25-17-5-9-28(10-6-17)32(29,30)18-13-24-27(2)14-18/h12-14,17H,3-10,15H2,1-2H3,(H,23,25,26). The minimum Gasteiger partial charge on any atom is -0.476 e. The van der Waals surface area contributed by atoms with Gasteiger partial charge in [-0.05, 0) is 25.7 Å². The zero-order valence-electron chi connectivity index (χ0n) is 18.5. The summed E-state index contributed by atoms with van der Waals surface area (Å²) in [4.78, 5) is 8.90. The molecule has 0 amide bonds. The molecule has 1 saturated heterocycles. The molecule has 10 nitrogen and oxygen atoms in total. The van der Waals surface area contributed by atoms with E-state index in [2.05, 4.69) is 33.4 Å². The van der Waals surface area contributed by atoms with Gasteiger partial charge in [-0.15, -0.1) is 0 Å². The normalized spacial score (nSPS) is 19.5. The lowest BCUT2D eigenvalue weighted by Crippen LogP contribution is -2.42. The highest BCUT2D eigenvalue weighted by Crippen LogP contribution is 2.38. The second kappa shape index (κ2) is 9.03. The van der Waals surface area contributed by atoms with Crippen LogP contribution in [0.5, 0.6) is 5.88 Å². The molecule has 0 unspecified atom stereocenters. The van der Waals surface area contributed by atoms with Crippen LogP contribution >= 0.6 is 0 Å². The summed E-state index contributed by atoms with van der Waals surface area (Å²) in [5.74, 6) is 0.693. The summed E-state index contributed by atoms with van der Waals surface area (Å²) in [5.41, 5.74) is 0.437. The van der Waals surface area contributed by atoms with Gasteiger partial charge >= 0.3 is 0 Å². The number of hydrogen-bond acceptors (Lipinski definition) is 8. The van der Waals surface area contributed by atoms with E-state index >= 15 is 0 Å². The number of nitrogens with zero attached hydrogens (tertiary/aromatic N) is 6. The van der Waals surface area contributed by atoms with Crippen LogP contribution in [0.3, 0.4) is 0 Å². The molecule has 32 heavy (non-hydrogen) atoms. The van der Waals surface area contributed by atoms with Crippen molar-refractivity contribution in [1.29, 1.82) is 5.26 Å². The number of hydrogen-bond donors (Lipinski definition) is 1. The average molecular weight is 460 g/mol. The highest BCUT2D eigenvalue weighted by Gasteiger charge is 2.31. The molecule has 0 radical (unpaired) electrons. The number of ether oxygens (including phenoxy) is 1. The summed E-state index contributed by atoms with van der Waals surface area (Å²) >= 11 is 0. The summed E-state index contributed by atoms with van der Waals surface area (Å²) in [5, 5.41) is 16.6. The zero-order chi connectivity index (χ0) is 22.8. The number of nitriles is 1. The summed E-state index contributed by atoms with van der Waals surface area (Å²) < 4.78 is 34.5. The molecule has 0 atom stereocenters. The van der Waals surface area contributed by atoms with E-state index in [9.17, 15) is 13.7 Å². The third kappa shape index (κ3) is 4.86. The number of anilines is 1. The zero-order valence-corrected chi connectivity index (χ0v) is 19.3. The van der Waals surface area contributed by atoms with Gasteiger partial charge in [-0.25, -0.2) is 13.4 Å². The van der Waals surface area contributed by atoms with Crippen LogP contribution in [0.25, 0.3) is 0 Å². The van der Waals surface area contributed by atoms with E-state index in [1.54, 1.807) is 7.05 Å². The van der Waals surface area contributed by atoms with Crippen molar-refractivity contribution in [3.05, 3.63) is 24.2 Å². The minimum absolute atomic E-state index is 0.0310. The van der Waals surface area contributed by atoms with Gasteiger partial charge in [0, 0.05) is 37.8 Å². The summed E-state index contributed by atoms with van der Waals surface area (Å²) in [6, 6.07) is 2.13. The summed E-state index contributed by atoms with van der Waals surface area (Å²) in [6.45, 7) is 3.53. The summed E-state index contributed by atoms with van der Waals surface area (Å²) in [7, 11) is -1.85. The maximum absolute atomic E-state index is 12.8. The van der Waals surface area contributed by atoms with Crippen LogP contribution in [-0.4, -0.2) is 58.2 Å². The molecule has 2 aromatic heterocycles. The second-order valence-electron chi connectivity index (χ2n) is 9.00. The molecule has 0 aromatic carbocycles. The van der Waals surface area contributed by atoms with Crippen molar-refractivity contribution in [1.82, 2.24) is 24.1 Å². The van der Waals surface area contributed by atoms with E-state index in [0.717, 1.165) is 12.8 Å². The van der Waals surface area contributed by atoms with E-state index in [1.807, 2.05) is 0 Å². The minimum atomic E-state index is -3.54. The van der Waals surface area contributed by atoms with E-state index < -0.39 is 10.0 Å². The number of aromatic nitrogens is 4. The van der Waals surface area contributed by atoms with Crippen LogP contribution in [0, 0.1) is 16.7 Å². The van der Waals surface area contributed by atoms with Crippen LogP contribution in [0.2, 0.25) is 0 Å². The third-order valence-corrected chi connectivity index (χ3v) is 8.20. The number of aryl methyl sites for hydroxylation is 1. The Bertz CT molecular complexity index is 1090. The highest BCUT2D eigenvalue weighted by molar-refractivity contribution is 7.89. The number of rotatable bonds is 7. The topological polar surface area (TPSA) is 126 Å². The molecule has 2 aliphatic rings. The van der Waals surface area contributed by atoms with Crippen LogP contribution in [0.1, 0.15) is 51.0 Å². The lowest BCUT2D eigenvalue weighted by molar-refractivity contribution is 0.162. The summed E-state index contributed by atoms with van der Waals surface area (Å²) in [6.07, 6.45) is 10.2. The van der Waals surface area contributed by atoms with Crippen molar-refractivity contribution < 1.29 is 13.2 Å². The SMILES string of the molecule is Cn1cc(S(=O)(=O)N2CCC(Nc3ncc(C#N)c(OCC4(C)CCCC4)n3)CC2)cn1. The van der Waals surface area contributed by atoms with E-state index in [0.29, 0.717) is 49.9 Å². The van der Waals surface area contributed by atoms with Gasteiger partial charge < -0.3 is 10.1 Å². The molecule has 1 saturated carbocycles. The first-order chi connectivity index (χ1) is 15.3. The van der Waals surface area contributed by atoms with Crippen molar-refractivity contribution in [3.8, 4) is 11.9 Å². The van der Waals surface area contributed by atoms with Gasteiger partial charge in [0.2, 0.25) is 21.9 Å². The van der Waals surface area contributed by atoms with E-state index in [1.165, 1.54) is 40.4 Å². The van der Waals surface area contributed by atoms with Crippen LogP contribution < -0.4 is 10.1 Å². The van der Waals surface area contributed by atoms with Crippen molar-refractivity contribution in [3.63, 3.8) is 0 Å². The van der Waals surface area contributed by atoms with Gasteiger partial charge in [-0.2, -0.15) is 19.6 Å². The Morgan fingerprint density at radius 1 is 1.28 bits per heavy atom. The molecule has 2 aromatic rings. The van der Waals surface area contributed by atoms with Gasteiger partial charge in [-0.3, -0.25) is 4.68 Å². The fourth-order valence-corrected chi connectivity index (χ4v) is 5.80. The first-order valence-corrected chi connectivity index (χ1v) is 12.4. The van der Waals surface area contributed by atoms with Crippen LogP contribution in [-0.2, 0) is 17.1 Å². The molecule has 172 valence electrons. The third-order valence-electron chi connectivity index (χ3n) is 6.35. The lowest BCUT2D eigenvalue weighted by Gasteiger charge is -2.31. The second-order valence-corrected chi connectivity index (χ2v) is 10.9. The van der Waals surface area contributed by atoms with Crippen molar-refractivity contribution in [2.45, 2.75) is 56.4 Å². The molecule has 4 rings (SSSR count). The van der Waals surface area contributed by atoms with E-state index in [4.69, 9.17) is 4.74 Å². The van der Waals surface area contributed by atoms with Crippen molar-refractivity contribution in [2.24, 2.45) is 12.5 Å². The molecular weight excluding hydrogens is 430 g/mol. The van der Waals surface area contributed by atoms with Crippen molar-refractivity contribution in [2.75, 3.05) is 25.0 Å². The molecule has 3 heterocycles. The predicted octanol–water partition coefficient (Wildman–Crippen LogP) is 2.31. The largest absolute Gasteiger partial charge is 0.476 e. The fraction of sp³-hybridized carbons (Fsp3) is 0.619. The van der Waals surface area contributed by atoms with Gasteiger partial charge in [0.15, 0.2) is 0 Å². The smallest absolute Gasteiger partial charge is 0.246 e. The Kier molecular flexibility index (Phi) is 6.35. The van der Waals surface area contributed by atoms with Crippen LogP contribution in [0.15, 0.2) is 23.5 Å². The van der Waals surface area contributed by atoms with Gasteiger partial charge in [0.25, 0.3) is 0 Å². The molecule has 11 heteroatoms. The molecule has 1 aliphatic heterocycles. The van der Waals surface area contributed by atoms with Gasteiger partial charge in [0.05, 0.1) is 19.0 Å². The fourth-order valence-electron chi connectivity index (χ4n) is 4.34. The first kappa shape index (κ1) is 22.5. The molecule has 2 fully saturated rings. The van der Waals surface area contributed by atoms with Gasteiger partial charge in [0.1, 0.15) is 16.5 Å². The molecule has 1 aliphatic carbocycles. The highest BCUT2D eigenvalue weighted by atomic mass is 32.2. The molecular formula is C21H29N7O3S. The monoisotopic (exact) mass is 459 g/mol. The number of nitrogens with one attached hydrogen (secondary N) is 1. The first-order valence-electron chi connectivity index (χ1n) is 10.9. The maximum Gasteiger partial charge on any atom is 0.246 e. The Hall–Kier alpha value is -2.71. The Morgan fingerprint density at radius 3 is 2.62 bits per heavy atom. The quantitative estimate of drug-likeness (QED) is 0.668. The van der Waals surface area contributed by atoms with Crippen LogP contribution in [0.4, 0.5) is 5.95 Å². The van der Waals surface area contributed by atoms with Gasteiger partial charge in [-0.1, -0.05) is 19.8 Å².